The molecule has 0 rings (SSSR count). The van der Waals surface area contributed by atoms with Crippen molar-refractivity contribution in [1.29, 1.82) is 0 Å². The summed E-state index contributed by atoms with van der Waals surface area (Å²) in [5.41, 5.74) is 10.3. The lowest BCUT2D eigenvalue weighted by Crippen LogP contribution is -2.13. The molecular formula is C5H11N3. The number of nitrogens with two attached hydrogens (primary N) is 2. The number of nitrogens with one attached hydrogen (secondary N) is 1. The van der Waals surface area contributed by atoms with Crippen LogP contribution >= 0.6 is 0 Å². The summed E-state index contributed by atoms with van der Waals surface area (Å²) in [5, 5.41) is 2.73. The summed E-state index contributed by atoms with van der Waals surface area (Å²) in [7, 11) is 1.75. The van der Waals surface area contributed by atoms with Gasteiger partial charge in [0.15, 0.2) is 0 Å². The van der Waals surface area contributed by atoms with Crippen molar-refractivity contribution in [3.8, 4) is 0 Å². The molecule has 0 amide bonds. The van der Waals surface area contributed by atoms with Crippen LogP contribution in [-0.4, -0.2) is 7.05 Å². The van der Waals surface area contributed by atoms with Gasteiger partial charge in [0.2, 0.25) is 0 Å². The summed E-state index contributed by atoms with van der Waals surface area (Å²) in [4.78, 5) is 0. The first-order valence-electron chi connectivity index (χ1n) is 2.33. The van der Waals surface area contributed by atoms with E-state index in [-0.39, 0.29) is 0 Å². The van der Waals surface area contributed by atoms with E-state index in [1.165, 1.54) is 6.20 Å². The highest BCUT2D eigenvalue weighted by Gasteiger charge is 1.73. The quantitative estimate of drug-likeness (QED) is 0.422. The van der Waals surface area contributed by atoms with Crippen LogP contribution in [0.25, 0.3) is 0 Å². The summed E-state index contributed by atoms with van der Waals surface area (Å²) in [6.45, 7) is 0. The number of rotatable bonds is 2. The molecule has 0 atom stereocenters. The molecular weight excluding hydrogens is 102 g/mol. The first-order valence-corrected chi connectivity index (χ1v) is 2.33. The molecule has 46 valence electrons. The van der Waals surface area contributed by atoms with Gasteiger partial charge < -0.3 is 16.8 Å². The van der Waals surface area contributed by atoms with Gasteiger partial charge in [0.1, 0.15) is 0 Å². The molecule has 0 spiro atoms. The van der Waals surface area contributed by atoms with E-state index in [2.05, 4.69) is 5.32 Å². The van der Waals surface area contributed by atoms with Gasteiger partial charge >= 0.3 is 0 Å². The van der Waals surface area contributed by atoms with Gasteiger partial charge in [0.05, 0.1) is 5.82 Å². The number of hydrogen-bond donors (Lipinski definition) is 3. The third-order valence-electron chi connectivity index (χ3n) is 0.676. The van der Waals surface area contributed by atoms with Crippen molar-refractivity contribution in [2.45, 2.75) is 0 Å². The van der Waals surface area contributed by atoms with E-state index < -0.39 is 0 Å². The Morgan fingerprint density at radius 1 is 1.62 bits per heavy atom. The minimum atomic E-state index is 0.603. The van der Waals surface area contributed by atoms with E-state index >= 15 is 0 Å². The van der Waals surface area contributed by atoms with Crippen LogP contribution in [0.2, 0.25) is 0 Å². The third-order valence-corrected chi connectivity index (χ3v) is 0.676. The Morgan fingerprint density at radius 3 is 2.62 bits per heavy atom. The number of allylic oxidation sites excluding steroid dienone is 2. The fourth-order valence-electron chi connectivity index (χ4n) is 0.243. The third kappa shape index (κ3) is 3.08. The molecule has 0 aromatic rings. The molecule has 0 unspecified atom stereocenters. The summed E-state index contributed by atoms with van der Waals surface area (Å²) >= 11 is 0. The molecule has 0 aromatic heterocycles. The van der Waals surface area contributed by atoms with Crippen molar-refractivity contribution in [3.05, 3.63) is 24.2 Å². The topological polar surface area (TPSA) is 64.1 Å². The predicted molar refractivity (Wildman–Crippen MR) is 34.7 cm³/mol. The first kappa shape index (κ1) is 6.88. The van der Waals surface area contributed by atoms with E-state index in [1.54, 1.807) is 19.2 Å². The molecule has 0 aliphatic rings. The molecule has 0 aliphatic heterocycles. The van der Waals surface area contributed by atoms with Crippen LogP contribution in [0.5, 0.6) is 0 Å². The van der Waals surface area contributed by atoms with E-state index in [0.717, 1.165) is 0 Å². The minimum absolute atomic E-state index is 0.603. The maximum Gasteiger partial charge on any atom is 0.0957 e. The molecule has 0 saturated carbocycles. The average Bonchev–Trinajstić information content (AvgIpc) is 1.83. The Morgan fingerprint density at radius 2 is 2.25 bits per heavy atom. The highest BCUT2D eigenvalue weighted by molar-refractivity contribution is 5.06. The van der Waals surface area contributed by atoms with Crippen LogP contribution in [0.4, 0.5) is 0 Å². The summed E-state index contributed by atoms with van der Waals surface area (Å²) in [6.07, 6.45) is 4.76. The standard InChI is InChI=1S/C5H11N3/c1-8-5(7)3-2-4-6/h2-4,8H,6-7H2,1H3/b4-2-,5-3+. The van der Waals surface area contributed by atoms with Crippen molar-refractivity contribution >= 4 is 0 Å². The van der Waals surface area contributed by atoms with Gasteiger partial charge in [-0.05, 0) is 18.4 Å². The minimum Gasteiger partial charge on any atom is -0.405 e. The molecule has 0 radical (unpaired) electrons. The fourth-order valence-corrected chi connectivity index (χ4v) is 0.243. The van der Waals surface area contributed by atoms with E-state index in [0.29, 0.717) is 5.82 Å². The number of hydrogen-bond acceptors (Lipinski definition) is 3. The lowest BCUT2D eigenvalue weighted by Gasteiger charge is -1.93. The molecule has 0 saturated heterocycles. The maximum atomic E-state index is 5.30. The largest absolute Gasteiger partial charge is 0.405 e. The van der Waals surface area contributed by atoms with Crippen molar-refractivity contribution in [2.24, 2.45) is 11.5 Å². The monoisotopic (exact) mass is 113 g/mol. The second kappa shape index (κ2) is 4.05. The van der Waals surface area contributed by atoms with Crippen molar-refractivity contribution < 1.29 is 0 Å². The summed E-state index contributed by atoms with van der Waals surface area (Å²) in [6, 6.07) is 0. The van der Waals surface area contributed by atoms with Crippen LogP contribution < -0.4 is 16.8 Å². The Kier molecular flexibility index (Phi) is 3.48. The molecule has 0 heterocycles. The zero-order valence-electron chi connectivity index (χ0n) is 4.89. The Balaban J connectivity index is 3.57. The van der Waals surface area contributed by atoms with Gasteiger partial charge in [-0.1, -0.05) is 0 Å². The molecule has 0 bridgehead atoms. The van der Waals surface area contributed by atoms with Crippen LogP contribution in [0.1, 0.15) is 0 Å². The molecule has 3 nitrogen and oxygen atoms in total. The molecule has 0 aliphatic carbocycles. The highest BCUT2D eigenvalue weighted by Crippen LogP contribution is 1.74. The zero-order chi connectivity index (χ0) is 6.41. The van der Waals surface area contributed by atoms with Crippen LogP contribution in [0.15, 0.2) is 24.2 Å². The lowest BCUT2D eigenvalue weighted by molar-refractivity contribution is 0.965. The van der Waals surface area contributed by atoms with Gasteiger partial charge in [-0.2, -0.15) is 0 Å². The Bertz CT molecular complexity index is 104. The zero-order valence-corrected chi connectivity index (χ0v) is 4.89. The molecule has 3 heteroatoms. The molecule has 0 fully saturated rings. The lowest BCUT2D eigenvalue weighted by atomic mass is 10.5. The Hall–Kier alpha value is -1.12. The van der Waals surface area contributed by atoms with E-state index in [4.69, 9.17) is 11.5 Å². The van der Waals surface area contributed by atoms with Crippen LogP contribution in [0, 0.1) is 0 Å². The summed E-state index contributed by atoms with van der Waals surface area (Å²) < 4.78 is 0. The predicted octanol–water partition coefficient (Wildman–Crippen LogP) is -0.522. The average molecular weight is 113 g/mol. The normalized spacial score (nSPS) is 12.4. The van der Waals surface area contributed by atoms with Crippen LogP contribution in [0.3, 0.4) is 0 Å². The van der Waals surface area contributed by atoms with Gasteiger partial charge in [0, 0.05) is 7.05 Å². The SMILES string of the molecule is CN/C(N)=C/C=C\N. The Labute approximate surface area is 49.0 Å². The molecule has 0 aromatic carbocycles. The highest BCUT2D eigenvalue weighted by atomic mass is 14.9. The van der Waals surface area contributed by atoms with Crippen molar-refractivity contribution in [2.75, 3.05) is 7.05 Å². The first-order chi connectivity index (χ1) is 3.81. The van der Waals surface area contributed by atoms with Crippen molar-refractivity contribution in [1.82, 2.24) is 5.32 Å². The van der Waals surface area contributed by atoms with Gasteiger partial charge in [-0.25, -0.2) is 0 Å². The van der Waals surface area contributed by atoms with Crippen LogP contribution in [-0.2, 0) is 0 Å². The van der Waals surface area contributed by atoms with E-state index in [9.17, 15) is 0 Å². The maximum absolute atomic E-state index is 5.30. The molecule has 5 N–H and O–H groups in total. The van der Waals surface area contributed by atoms with Gasteiger partial charge in [-0.15, -0.1) is 0 Å². The van der Waals surface area contributed by atoms with E-state index in [1.807, 2.05) is 0 Å². The van der Waals surface area contributed by atoms with Crippen molar-refractivity contribution in [3.63, 3.8) is 0 Å². The molecule has 8 heavy (non-hydrogen) atoms. The fraction of sp³-hybridized carbons (Fsp3) is 0.200. The second-order valence-electron chi connectivity index (χ2n) is 1.26. The van der Waals surface area contributed by atoms with Gasteiger partial charge in [0.25, 0.3) is 0 Å². The summed E-state index contributed by atoms with van der Waals surface area (Å²) in [5.74, 6) is 0.603. The van der Waals surface area contributed by atoms with Gasteiger partial charge in [-0.3, -0.25) is 0 Å². The smallest absolute Gasteiger partial charge is 0.0957 e. The second-order valence-corrected chi connectivity index (χ2v) is 1.26.